The van der Waals surface area contributed by atoms with E-state index in [1.165, 1.54) is 5.56 Å². The molecule has 0 spiro atoms. The SMILES string of the molecule is CC(Sc1nc(Nc2ccccc2)n[nH]1)c1ccccc1. The first kappa shape index (κ1) is 13.7. The Balaban J connectivity index is 1.65. The van der Waals surface area contributed by atoms with E-state index < -0.39 is 0 Å². The van der Waals surface area contributed by atoms with Gasteiger partial charge in [-0.15, -0.1) is 5.10 Å². The summed E-state index contributed by atoms with van der Waals surface area (Å²) in [5.74, 6) is 0.587. The molecule has 0 aliphatic rings. The van der Waals surface area contributed by atoms with Gasteiger partial charge in [0, 0.05) is 10.9 Å². The number of rotatable bonds is 5. The van der Waals surface area contributed by atoms with Crippen molar-refractivity contribution in [2.45, 2.75) is 17.3 Å². The van der Waals surface area contributed by atoms with Crippen molar-refractivity contribution in [2.75, 3.05) is 5.32 Å². The van der Waals surface area contributed by atoms with Gasteiger partial charge < -0.3 is 5.32 Å². The first-order valence-corrected chi connectivity index (χ1v) is 7.65. The topological polar surface area (TPSA) is 53.6 Å². The maximum atomic E-state index is 4.46. The predicted octanol–water partition coefficient (Wildman–Crippen LogP) is 4.40. The molecule has 0 radical (unpaired) electrons. The Morgan fingerprint density at radius 2 is 1.67 bits per heavy atom. The van der Waals surface area contributed by atoms with Crippen LogP contribution in [0.25, 0.3) is 0 Å². The van der Waals surface area contributed by atoms with E-state index in [0.717, 1.165) is 10.8 Å². The monoisotopic (exact) mass is 296 g/mol. The largest absolute Gasteiger partial charge is 0.323 e. The van der Waals surface area contributed by atoms with Crippen molar-refractivity contribution in [1.82, 2.24) is 15.2 Å². The maximum Gasteiger partial charge on any atom is 0.247 e. The van der Waals surface area contributed by atoms with Crippen LogP contribution in [-0.2, 0) is 0 Å². The van der Waals surface area contributed by atoms with Crippen molar-refractivity contribution in [3.8, 4) is 0 Å². The number of H-pyrrole nitrogens is 1. The quantitative estimate of drug-likeness (QED) is 0.685. The second-order valence-electron chi connectivity index (χ2n) is 4.63. The number of hydrogen-bond acceptors (Lipinski definition) is 4. The Hall–Kier alpha value is -2.27. The fourth-order valence-corrected chi connectivity index (χ4v) is 2.83. The number of hydrogen-bond donors (Lipinski definition) is 2. The van der Waals surface area contributed by atoms with Gasteiger partial charge >= 0.3 is 0 Å². The minimum absolute atomic E-state index is 0.323. The molecule has 1 heterocycles. The molecule has 3 aromatic rings. The van der Waals surface area contributed by atoms with Crippen LogP contribution in [0.15, 0.2) is 65.8 Å². The second-order valence-corrected chi connectivity index (χ2v) is 5.96. The molecule has 1 aromatic heterocycles. The summed E-state index contributed by atoms with van der Waals surface area (Å²) in [5, 5.41) is 11.5. The lowest BCUT2D eigenvalue weighted by Crippen LogP contribution is -1.91. The van der Waals surface area contributed by atoms with Gasteiger partial charge in [-0.25, -0.2) is 0 Å². The molecule has 1 unspecified atom stereocenters. The number of nitrogens with zero attached hydrogens (tertiary/aromatic N) is 2. The molecule has 21 heavy (non-hydrogen) atoms. The Bertz CT molecular complexity index is 682. The molecule has 1 atom stereocenters. The molecule has 0 saturated heterocycles. The Morgan fingerprint density at radius 1 is 1.00 bits per heavy atom. The standard InChI is InChI=1S/C16H16N4S/c1-12(13-8-4-2-5-9-13)21-16-18-15(19-20-16)17-14-10-6-3-7-11-14/h2-12H,1H3,(H2,17,18,19,20). The normalized spacial score (nSPS) is 12.0. The highest BCUT2D eigenvalue weighted by atomic mass is 32.2. The first-order chi connectivity index (χ1) is 10.3. The van der Waals surface area contributed by atoms with Gasteiger partial charge in [-0.05, 0) is 24.6 Å². The van der Waals surface area contributed by atoms with Crippen LogP contribution in [0.3, 0.4) is 0 Å². The molecular weight excluding hydrogens is 280 g/mol. The highest BCUT2D eigenvalue weighted by Gasteiger charge is 2.10. The minimum Gasteiger partial charge on any atom is -0.323 e. The summed E-state index contributed by atoms with van der Waals surface area (Å²) >= 11 is 1.66. The molecule has 5 heteroatoms. The lowest BCUT2D eigenvalue weighted by molar-refractivity contribution is 0.960. The van der Waals surface area contributed by atoms with E-state index in [1.54, 1.807) is 11.8 Å². The molecule has 2 N–H and O–H groups in total. The lowest BCUT2D eigenvalue weighted by Gasteiger charge is -2.08. The zero-order valence-electron chi connectivity index (χ0n) is 11.7. The third kappa shape index (κ3) is 3.64. The highest BCUT2D eigenvalue weighted by molar-refractivity contribution is 7.99. The summed E-state index contributed by atoms with van der Waals surface area (Å²) in [4.78, 5) is 4.46. The molecule has 0 aliphatic heterocycles. The fraction of sp³-hybridized carbons (Fsp3) is 0.125. The van der Waals surface area contributed by atoms with E-state index in [0.29, 0.717) is 11.2 Å². The Morgan fingerprint density at radius 3 is 2.38 bits per heavy atom. The van der Waals surface area contributed by atoms with Gasteiger partial charge in [0.2, 0.25) is 5.95 Å². The summed E-state index contributed by atoms with van der Waals surface area (Å²) in [5.41, 5.74) is 2.25. The Kier molecular flexibility index (Phi) is 4.21. The number of para-hydroxylation sites is 1. The molecule has 106 valence electrons. The van der Waals surface area contributed by atoms with Crippen LogP contribution < -0.4 is 5.32 Å². The van der Waals surface area contributed by atoms with Crippen molar-refractivity contribution < 1.29 is 0 Å². The van der Waals surface area contributed by atoms with Crippen molar-refractivity contribution in [1.29, 1.82) is 0 Å². The molecule has 2 aromatic carbocycles. The lowest BCUT2D eigenvalue weighted by atomic mass is 10.2. The molecule has 3 rings (SSSR count). The van der Waals surface area contributed by atoms with Crippen molar-refractivity contribution in [3.05, 3.63) is 66.2 Å². The van der Waals surface area contributed by atoms with Crippen molar-refractivity contribution in [2.24, 2.45) is 0 Å². The summed E-state index contributed by atoms with van der Waals surface area (Å²) < 4.78 is 0. The van der Waals surface area contributed by atoms with Crippen LogP contribution in [0, 0.1) is 0 Å². The molecule has 0 saturated carbocycles. The number of benzene rings is 2. The molecule has 0 bridgehead atoms. The van der Waals surface area contributed by atoms with Crippen molar-refractivity contribution in [3.63, 3.8) is 0 Å². The summed E-state index contributed by atoms with van der Waals surface area (Å²) in [6.07, 6.45) is 0. The minimum atomic E-state index is 0.323. The van der Waals surface area contributed by atoms with Crippen LogP contribution in [0.1, 0.15) is 17.7 Å². The number of aromatic amines is 1. The van der Waals surface area contributed by atoms with Crippen LogP contribution in [0.5, 0.6) is 0 Å². The van der Waals surface area contributed by atoms with E-state index in [1.807, 2.05) is 36.4 Å². The summed E-state index contributed by atoms with van der Waals surface area (Å²) in [6.45, 7) is 2.16. The molecule has 0 aliphatic carbocycles. The van der Waals surface area contributed by atoms with Gasteiger partial charge in [-0.2, -0.15) is 4.98 Å². The van der Waals surface area contributed by atoms with E-state index in [4.69, 9.17) is 0 Å². The fourth-order valence-electron chi connectivity index (χ4n) is 1.97. The zero-order valence-corrected chi connectivity index (χ0v) is 12.5. The number of thioether (sulfide) groups is 1. The van der Waals surface area contributed by atoms with Crippen molar-refractivity contribution >= 4 is 23.4 Å². The maximum absolute atomic E-state index is 4.46. The number of nitrogens with one attached hydrogen (secondary N) is 2. The number of aromatic nitrogens is 3. The van der Waals surface area contributed by atoms with E-state index in [2.05, 4.69) is 51.7 Å². The van der Waals surface area contributed by atoms with Gasteiger partial charge in [-0.3, -0.25) is 5.10 Å². The van der Waals surface area contributed by atoms with E-state index in [9.17, 15) is 0 Å². The molecule has 0 amide bonds. The predicted molar refractivity (Wildman–Crippen MR) is 86.8 cm³/mol. The van der Waals surface area contributed by atoms with Gasteiger partial charge in [-0.1, -0.05) is 60.3 Å². The highest BCUT2D eigenvalue weighted by Crippen LogP contribution is 2.32. The third-order valence-corrected chi connectivity index (χ3v) is 4.08. The average molecular weight is 296 g/mol. The van der Waals surface area contributed by atoms with Gasteiger partial charge in [0.25, 0.3) is 0 Å². The molecular formula is C16H16N4S. The van der Waals surface area contributed by atoms with E-state index in [-0.39, 0.29) is 0 Å². The van der Waals surface area contributed by atoms with Gasteiger partial charge in [0.15, 0.2) is 5.16 Å². The zero-order chi connectivity index (χ0) is 14.5. The summed E-state index contributed by atoms with van der Waals surface area (Å²) in [7, 11) is 0. The van der Waals surface area contributed by atoms with Crippen LogP contribution >= 0.6 is 11.8 Å². The van der Waals surface area contributed by atoms with Crippen LogP contribution in [-0.4, -0.2) is 15.2 Å². The number of anilines is 2. The smallest absolute Gasteiger partial charge is 0.247 e. The summed E-state index contributed by atoms with van der Waals surface area (Å²) in [6, 6.07) is 20.3. The first-order valence-electron chi connectivity index (χ1n) is 6.77. The van der Waals surface area contributed by atoms with Gasteiger partial charge in [0.05, 0.1) is 0 Å². The Labute approximate surface area is 128 Å². The molecule has 0 fully saturated rings. The second kappa shape index (κ2) is 6.45. The van der Waals surface area contributed by atoms with Gasteiger partial charge in [0.1, 0.15) is 0 Å². The van der Waals surface area contributed by atoms with Crippen LogP contribution in [0.2, 0.25) is 0 Å². The van der Waals surface area contributed by atoms with E-state index >= 15 is 0 Å². The van der Waals surface area contributed by atoms with Crippen LogP contribution in [0.4, 0.5) is 11.6 Å². The average Bonchev–Trinajstić information content (AvgIpc) is 2.96. The molecule has 4 nitrogen and oxygen atoms in total. The third-order valence-electron chi connectivity index (χ3n) is 3.05.